The minimum absolute atomic E-state index is 0.0855. The molecule has 1 aliphatic carbocycles. The Bertz CT molecular complexity index is 367. The number of ether oxygens (including phenoxy) is 1. The summed E-state index contributed by atoms with van der Waals surface area (Å²) in [5, 5.41) is 0. The highest BCUT2D eigenvalue weighted by Gasteiger charge is 2.41. The van der Waals surface area contributed by atoms with E-state index in [4.69, 9.17) is 0 Å². The van der Waals surface area contributed by atoms with Crippen molar-refractivity contribution in [1.29, 1.82) is 0 Å². The highest BCUT2D eigenvalue weighted by molar-refractivity contribution is 5.76. The van der Waals surface area contributed by atoms with Gasteiger partial charge in [0.2, 0.25) is 0 Å². The second-order valence-corrected chi connectivity index (χ2v) is 3.80. The Hall–Kier alpha value is -1.57. The van der Waals surface area contributed by atoms with Gasteiger partial charge in [0.25, 0.3) is 0 Å². The summed E-state index contributed by atoms with van der Waals surface area (Å²) in [6, 6.07) is 10.1. The molecule has 1 aromatic rings. The van der Waals surface area contributed by atoms with Gasteiger partial charge in [0.15, 0.2) is 0 Å². The van der Waals surface area contributed by atoms with Crippen molar-refractivity contribution in [2.45, 2.75) is 6.42 Å². The van der Waals surface area contributed by atoms with E-state index in [1.807, 2.05) is 30.3 Å². The molecular formula is C13H14O2. The van der Waals surface area contributed by atoms with Crippen LogP contribution in [0.5, 0.6) is 0 Å². The minimum atomic E-state index is -0.0855. The number of esters is 1. The first-order chi connectivity index (χ1) is 7.31. The predicted octanol–water partition coefficient (Wildman–Crippen LogP) is 2.51. The zero-order valence-electron chi connectivity index (χ0n) is 8.72. The smallest absolute Gasteiger partial charge is 0.309 e. The monoisotopic (exact) mass is 202 g/mol. The third kappa shape index (κ3) is 2.46. The number of hydrogen-bond donors (Lipinski definition) is 0. The molecule has 0 bridgehead atoms. The highest BCUT2D eigenvalue weighted by atomic mass is 16.5. The fraction of sp³-hybridized carbons (Fsp3) is 0.308. The summed E-state index contributed by atoms with van der Waals surface area (Å²) in [6.45, 7) is 0. The Kier molecular flexibility index (Phi) is 2.86. The van der Waals surface area contributed by atoms with Gasteiger partial charge in [0.1, 0.15) is 0 Å². The van der Waals surface area contributed by atoms with Gasteiger partial charge in [-0.05, 0) is 17.9 Å². The molecule has 15 heavy (non-hydrogen) atoms. The van der Waals surface area contributed by atoms with Crippen LogP contribution in [0.2, 0.25) is 0 Å². The zero-order chi connectivity index (χ0) is 10.7. The number of allylic oxidation sites excluding steroid dienone is 1. The Balaban J connectivity index is 1.90. The molecule has 78 valence electrons. The fourth-order valence-electron chi connectivity index (χ4n) is 1.65. The molecule has 1 aliphatic rings. The molecule has 1 aromatic carbocycles. The highest BCUT2D eigenvalue weighted by Crippen LogP contribution is 2.40. The van der Waals surface area contributed by atoms with E-state index >= 15 is 0 Å². The van der Waals surface area contributed by atoms with Gasteiger partial charge in [-0.3, -0.25) is 4.79 Å². The number of benzene rings is 1. The molecule has 1 fully saturated rings. The number of methoxy groups -OCH3 is 1. The summed E-state index contributed by atoms with van der Waals surface area (Å²) in [5.41, 5.74) is 1.17. The SMILES string of the molecule is COC(=O)C1CC1/C=C/c1ccccc1. The molecule has 2 nitrogen and oxygen atoms in total. The predicted molar refractivity (Wildman–Crippen MR) is 59.1 cm³/mol. The van der Waals surface area contributed by atoms with Crippen molar-refractivity contribution in [1.82, 2.24) is 0 Å². The molecule has 0 spiro atoms. The van der Waals surface area contributed by atoms with Crippen molar-refractivity contribution in [3.05, 3.63) is 42.0 Å². The minimum Gasteiger partial charge on any atom is -0.469 e. The van der Waals surface area contributed by atoms with Gasteiger partial charge in [0.05, 0.1) is 13.0 Å². The van der Waals surface area contributed by atoms with Crippen LogP contribution in [0.15, 0.2) is 36.4 Å². The average Bonchev–Trinajstić information content (AvgIpc) is 3.06. The third-order valence-electron chi connectivity index (χ3n) is 2.68. The van der Waals surface area contributed by atoms with Crippen molar-refractivity contribution < 1.29 is 9.53 Å². The van der Waals surface area contributed by atoms with Crippen LogP contribution in [0.4, 0.5) is 0 Å². The molecule has 2 heteroatoms. The summed E-state index contributed by atoms with van der Waals surface area (Å²) < 4.78 is 4.68. The van der Waals surface area contributed by atoms with Gasteiger partial charge in [-0.1, -0.05) is 42.5 Å². The van der Waals surface area contributed by atoms with Gasteiger partial charge in [-0.2, -0.15) is 0 Å². The molecule has 0 saturated heterocycles. The number of carbonyl (C=O) groups is 1. The van der Waals surface area contributed by atoms with Gasteiger partial charge < -0.3 is 4.74 Å². The van der Waals surface area contributed by atoms with Crippen molar-refractivity contribution in [3.8, 4) is 0 Å². The molecule has 0 aromatic heterocycles. The summed E-state index contributed by atoms with van der Waals surface area (Å²) >= 11 is 0. The van der Waals surface area contributed by atoms with Crippen LogP contribution < -0.4 is 0 Å². The lowest BCUT2D eigenvalue weighted by molar-refractivity contribution is -0.142. The zero-order valence-corrected chi connectivity index (χ0v) is 8.72. The molecule has 2 rings (SSSR count). The maximum Gasteiger partial charge on any atom is 0.309 e. The van der Waals surface area contributed by atoms with Crippen molar-refractivity contribution in [2.75, 3.05) is 7.11 Å². The lowest BCUT2D eigenvalue weighted by atomic mass is 10.2. The molecule has 0 radical (unpaired) electrons. The molecule has 0 heterocycles. The Morgan fingerprint density at radius 2 is 2.13 bits per heavy atom. The van der Waals surface area contributed by atoms with E-state index in [9.17, 15) is 4.79 Å². The standard InChI is InChI=1S/C13H14O2/c1-15-13(14)12-9-11(12)8-7-10-5-3-2-4-6-10/h2-8,11-12H,9H2,1H3/b8-7+. The van der Waals surface area contributed by atoms with Crippen molar-refractivity contribution in [2.24, 2.45) is 11.8 Å². The second kappa shape index (κ2) is 4.30. The van der Waals surface area contributed by atoms with E-state index in [2.05, 4.69) is 16.9 Å². The van der Waals surface area contributed by atoms with Crippen LogP contribution in [-0.2, 0) is 9.53 Å². The Morgan fingerprint density at radius 1 is 1.40 bits per heavy atom. The van der Waals surface area contributed by atoms with E-state index in [0.29, 0.717) is 5.92 Å². The van der Waals surface area contributed by atoms with E-state index < -0.39 is 0 Å². The van der Waals surface area contributed by atoms with Crippen LogP contribution in [0.3, 0.4) is 0 Å². The molecule has 2 atom stereocenters. The molecule has 0 aliphatic heterocycles. The van der Waals surface area contributed by atoms with Gasteiger partial charge in [-0.15, -0.1) is 0 Å². The fourth-order valence-corrected chi connectivity index (χ4v) is 1.65. The average molecular weight is 202 g/mol. The molecule has 0 N–H and O–H groups in total. The van der Waals surface area contributed by atoms with Gasteiger partial charge in [-0.25, -0.2) is 0 Å². The summed E-state index contributed by atoms with van der Waals surface area (Å²) in [7, 11) is 1.44. The summed E-state index contributed by atoms with van der Waals surface area (Å²) in [4.78, 5) is 11.1. The van der Waals surface area contributed by atoms with Crippen LogP contribution in [0, 0.1) is 11.8 Å². The van der Waals surface area contributed by atoms with E-state index in [1.165, 1.54) is 12.7 Å². The topological polar surface area (TPSA) is 26.3 Å². The lowest BCUT2D eigenvalue weighted by Crippen LogP contribution is -2.03. The largest absolute Gasteiger partial charge is 0.469 e. The van der Waals surface area contributed by atoms with Crippen LogP contribution in [0.25, 0.3) is 6.08 Å². The van der Waals surface area contributed by atoms with Crippen LogP contribution >= 0.6 is 0 Å². The normalized spacial score (nSPS) is 24.1. The van der Waals surface area contributed by atoms with Gasteiger partial charge >= 0.3 is 5.97 Å². The summed E-state index contributed by atoms with van der Waals surface area (Å²) in [6.07, 6.45) is 5.08. The van der Waals surface area contributed by atoms with E-state index in [1.54, 1.807) is 0 Å². The Morgan fingerprint density at radius 3 is 2.80 bits per heavy atom. The molecule has 2 unspecified atom stereocenters. The second-order valence-electron chi connectivity index (χ2n) is 3.80. The van der Waals surface area contributed by atoms with E-state index in [-0.39, 0.29) is 11.9 Å². The first-order valence-electron chi connectivity index (χ1n) is 5.12. The Labute approximate surface area is 89.6 Å². The quantitative estimate of drug-likeness (QED) is 0.704. The maximum absolute atomic E-state index is 11.1. The maximum atomic E-state index is 11.1. The first-order valence-corrected chi connectivity index (χ1v) is 5.12. The van der Waals surface area contributed by atoms with Crippen molar-refractivity contribution in [3.63, 3.8) is 0 Å². The molecule has 0 amide bonds. The van der Waals surface area contributed by atoms with Gasteiger partial charge in [0, 0.05) is 0 Å². The molecular weight excluding hydrogens is 188 g/mol. The van der Waals surface area contributed by atoms with Crippen LogP contribution in [0.1, 0.15) is 12.0 Å². The van der Waals surface area contributed by atoms with E-state index in [0.717, 1.165) is 6.42 Å². The molecule has 1 saturated carbocycles. The first kappa shape index (κ1) is 9.97. The number of carbonyl (C=O) groups excluding carboxylic acids is 1. The van der Waals surface area contributed by atoms with Crippen LogP contribution in [-0.4, -0.2) is 13.1 Å². The van der Waals surface area contributed by atoms with Crippen molar-refractivity contribution >= 4 is 12.0 Å². The lowest BCUT2D eigenvalue weighted by Gasteiger charge is -1.94. The third-order valence-corrected chi connectivity index (χ3v) is 2.68. The number of hydrogen-bond acceptors (Lipinski definition) is 2. The summed E-state index contributed by atoms with van der Waals surface area (Å²) in [5.74, 6) is 0.380. The number of rotatable bonds is 3.